The monoisotopic (exact) mass is 301 g/mol. The van der Waals surface area contributed by atoms with Gasteiger partial charge in [0.15, 0.2) is 0 Å². The van der Waals surface area contributed by atoms with Crippen LogP contribution in [0.15, 0.2) is 12.2 Å². The highest BCUT2D eigenvalue weighted by atomic mass is 14.4. The summed E-state index contributed by atoms with van der Waals surface area (Å²) < 4.78 is 0. The number of unbranched alkanes of at least 4 members (excludes halogenated alkanes) is 1. The van der Waals surface area contributed by atoms with Gasteiger partial charge in [-0.3, -0.25) is 0 Å². The van der Waals surface area contributed by atoms with Gasteiger partial charge < -0.3 is 0 Å². The molecule has 0 amide bonds. The zero-order valence-electron chi connectivity index (χ0n) is 14.8. The van der Waals surface area contributed by atoms with Crippen LogP contribution in [0.4, 0.5) is 0 Å². The van der Waals surface area contributed by atoms with Crippen LogP contribution in [0.1, 0.15) is 90.9 Å². The number of allylic oxidation sites excluding steroid dienone is 2. The van der Waals surface area contributed by atoms with Crippen LogP contribution in [0.5, 0.6) is 0 Å². The Kier molecular flexibility index (Phi) is 7.00. The lowest BCUT2D eigenvalue weighted by molar-refractivity contribution is 0.137. The van der Waals surface area contributed by atoms with Crippen molar-refractivity contribution in [2.45, 2.75) is 90.9 Å². The third kappa shape index (κ3) is 4.61. The van der Waals surface area contributed by atoms with Gasteiger partial charge in [-0.1, -0.05) is 58.1 Å². The molecular weight excluding hydrogens is 266 g/mol. The van der Waals surface area contributed by atoms with Crippen LogP contribution >= 0.6 is 0 Å². The van der Waals surface area contributed by atoms with Gasteiger partial charge in [-0.2, -0.15) is 5.26 Å². The lowest BCUT2D eigenvalue weighted by Crippen LogP contribution is -2.30. The van der Waals surface area contributed by atoms with Crippen molar-refractivity contribution >= 4 is 0 Å². The molecule has 0 saturated heterocycles. The summed E-state index contributed by atoms with van der Waals surface area (Å²) >= 11 is 0. The predicted octanol–water partition coefficient (Wildman–Crippen LogP) is 6.65. The number of nitrogens with zero attached hydrogens (tertiary/aromatic N) is 1. The van der Waals surface area contributed by atoms with E-state index in [9.17, 15) is 5.26 Å². The van der Waals surface area contributed by atoms with Gasteiger partial charge >= 0.3 is 0 Å². The van der Waals surface area contributed by atoms with Crippen LogP contribution < -0.4 is 0 Å². The first-order valence-electron chi connectivity index (χ1n) is 9.82. The van der Waals surface area contributed by atoms with E-state index in [2.05, 4.69) is 32.1 Å². The summed E-state index contributed by atoms with van der Waals surface area (Å²) in [5.41, 5.74) is -0.134. The van der Waals surface area contributed by atoms with Gasteiger partial charge in [0.1, 0.15) is 0 Å². The van der Waals surface area contributed by atoms with Crippen molar-refractivity contribution < 1.29 is 0 Å². The molecule has 0 heterocycles. The molecule has 0 radical (unpaired) electrons. The Morgan fingerprint density at radius 3 is 2.14 bits per heavy atom. The first kappa shape index (κ1) is 17.6. The average Bonchev–Trinajstić information content (AvgIpc) is 2.57. The van der Waals surface area contributed by atoms with E-state index in [0.29, 0.717) is 0 Å². The second-order valence-corrected chi connectivity index (χ2v) is 7.87. The first-order valence-corrected chi connectivity index (χ1v) is 9.82. The van der Waals surface area contributed by atoms with Crippen LogP contribution in [0.25, 0.3) is 0 Å². The minimum Gasteiger partial charge on any atom is -0.197 e. The molecule has 1 nitrogen and oxygen atoms in total. The topological polar surface area (TPSA) is 23.8 Å². The zero-order chi connectivity index (χ0) is 15.8. The molecule has 1 heteroatoms. The van der Waals surface area contributed by atoms with Gasteiger partial charge in [-0.05, 0) is 62.7 Å². The quantitative estimate of drug-likeness (QED) is 0.504. The Morgan fingerprint density at radius 1 is 0.955 bits per heavy atom. The zero-order valence-corrected chi connectivity index (χ0v) is 14.8. The van der Waals surface area contributed by atoms with E-state index >= 15 is 0 Å². The maximum Gasteiger partial charge on any atom is 0.0753 e. The van der Waals surface area contributed by atoms with Gasteiger partial charge in [0.25, 0.3) is 0 Å². The molecule has 0 aromatic heterocycles. The van der Waals surface area contributed by atoms with E-state index < -0.39 is 0 Å². The van der Waals surface area contributed by atoms with E-state index in [4.69, 9.17) is 0 Å². The molecule has 2 aliphatic rings. The van der Waals surface area contributed by atoms with Crippen molar-refractivity contribution in [1.29, 1.82) is 5.26 Å². The molecule has 2 rings (SSSR count). The van der Waals surface area contributed by atoms with Crippen molar-refractivity contribution in [2.75, 3.05) is 0 Å². The average molecular weight is 302 g/mol. The summed E-state index contributed by atoms with van der Waals surface area (Å²) in [6.07, 6.45) is 20.2. The van der Waals surface area contributed by atoms with Crippen LogP contribution in [0, 0.1) is 34.5 Å². The fourth-order valence-electron chi connectivity index (χ4n) is 4.77. The molecule has 22 heavy (non-hydrogen) atoms. The molecule has 0 atom stereocenters. The predicted molar refractivity (Wildman–Crippen MR) is 94.4 cm³/mol. The fourth-order valence-corrected chi connectivity index (χ4v) is 4.77. The van der Waals surface area contributed by atoms with E-state index in [1.54, 1.807) is 0 Å². The van der Waals surface area contributed by atoms with Crippen LogP contribution in [0.3, 0.4) is 0 Å². The maximum atomic E-state index is 9.63. The summed E-state index contributed by atoms with van der Waals surface area (Å²) in [5, 5.41) is 9.63. The van der Waals surface area contributed by atoms with E-state index in [1.165, 1.54) is 57.8 Å². The van der Waals surface area contributed by atoms with Crippen molar-refractivity contribution in [1.82, 2.24) is 0 Å². The number of hydrogen-bond acceptors (Lipinski definition) is 1. The normalized spacial score (nSPS) is 36.3. The smallest absolute Gasteiger partial charge is 0.0753 e. The molecular formula is C21H35N. The molecule has 2 aliphatic carbocycles. The summed E-state index contributed by atoms with van der Waals surface area (Å²) in [6, 6.07) is 2.64. The molecule has 0 spiro atoms. The molecule has 0 aromatic carbocycles. The Hall–Kier alpha value is -0.770. The van der Waals surface area contributed by atoms with Gasteiger partial charge in [0.2, 0.25) is 0 Å². The molecule has 124 valence electrons. The molecule has 0 N–H and O–H groups in total. The Balaban J connectivity index is 1.80. The molecule has 2 fully saturated rings. The number of rotatable bonds is 6. The van der Waals surface area contributed by atoms with E-state index in [0.717, 1.165) is 37.0 Å². The van der Waals surface area contributed by atoms with Crippen LogP contribution in [-0.4, -0.2) is 0 Å². The highest BCUT2D eigenvalue weighted by molar-refractivity contribution is 5.14. The second kappa shape index (κ2) is 8.76. The van der Waals surface area contributed by atoms with E-state index in [-0.39, 0.29) is 5.41 Å². The summed E-state index contributed by atoms with van der Waals surface area (Å²) in [5.74, 6) is 2.88. The Bertz CT molecular complexity index is 373. The molecule has 0 aromatic rings. The van der Waals surface area contributed by atoms with Crippen molar-refractivity contribution in [2.24, 2.45) is 23.2 Å². The minimum atomic E-state index is -0.134. The van der Waals surface area contributed by atoms with Gasteiger partial charge in [-0.25, -0.2) is 0 Å². The minimum absolute atomic E-state index is 0.134. The number of hydrogen-bond donors (Lipinski definition) is 0. The van der Waals surface area contributed by atoms with Gasteiger partial charge in [0.05, 0.1) is 11.5 Å². The van der Waals surface area contributed by atoms with Crippen LogP contribution in [-0.2, 0) is 0 Å². The molecule has 2 saturated carbocycles. The summed E-state index contributed by atoms with van der Waals surface area (Å²) in [7, 11) is 0. The Morgan fingerprint density at radius 2 is 1.59 bits per heavy atom. The second-order valence-electron chi connectivity index (χ2n) is 7.87. The Labute approximate surface area is 138 Å². The number of nitriles is 1. The lowest BCUT2D eigenvalue weighted by atomic mass is 9.64. The largest absolute Gasteiger partial charge is 0.197 e. The molecule has 0 aliphatic heterocycles. The van der Waals surface area contributed by atoms with Crippen LogP contribution in [0.2, 0.25) is 0 Å². The van der Waals surface area contributed by atoms with E-state index in [1.807, 2.05) is 0 Å². The first-order chi connectivity index (χ1) is 10.7. The highest BCUT2D eigenvalue weighted by Crippen LogP contribution is 2.46. The molecule has 0 bridgehead atoms. The van der Waals surface area contributed by atoms with Gasteiger partial charge in [0, 0.05) is 0 Å². The third-order valence-electron chi connectivity index (χ3n) is 6.29. The standard InChI is InChI=1S/C21H35N/c1-3-5-6-14-21(17-22)15-12-20(13-16-21)19-10-8-18(7-4-2)9-11-19/h6,14,18-20H,3-5,7-13,15-16H2,1-2H3/t18?,19?,20-,21+. The maximum absolute atomic E-state index is 9.63. The SMILES string of the molecule is CCCC=C[C@]1(C#N)CC[C@@H](C2CCC(CCC)CC2)CC1. The van der Waals surface area contributed by atoms with Crippen molar-refractivity contribution in [3.8, 4) is 6.07 Å². The summed E-state index contributed by atoms with van der Waals surface area (Å²) in [4.78, 5) is 0. The highest BCUT2D eigenvalue weighted by Gasteiger charge is 2.36. The van der Waals surface area contributed by atoms with Crippen molar-refractivity contribution in [3.05, 3.63) is 12.2 Å². The third-order valence-corrected chi connectivity index (χ3v) is 6.29. The fraction of sp³-hybridized carbons (Fsp3) is 0.857. The van der Waals surface area contributed by atoms with Gasteiger partial charge in [-0.15, -0.1) is 0 Å². The van der Waals surface area contributed by atoms with Crippen molar-refractivity contribution in [3.63, 3.8) is 0 Å². The summed E-state index contributed by atoms with van der Waals surface area (Å²) in [6.45, 7) is 4.52. The lowest BCUT2D eigenvalue weighted by Gasteiger charge is -2.39. The molecule has 0 unspecified atom stereocenters.